The molecule has 1 saturated carbocycles. The Balaban J connectivity index is 1.66. The summed E-state index contributed by atoms with van der Waals surface area (Å²) in [6.07, 6.45) is 2.79. The molecule has 148 valence electrons. The Bertz CT molecular complexity index is 981. The van der Waals surface area contributed by atoms with Gasteiger partial charge in [-0.05, 0) is 54.7 Å². The van der Waals surface area contributed by atoms with Crippen LogP contribution < -0.4 is 0 Å². The van der Waals surface area contributed by atoms with Gasteiger partial charge in [-0.3, -0.25) is 0 Å². The number of alkyl halides is 3. The number of H-pyrrole nitrogens is 1. The van der Waals surface area contributed by atoms with Crippen LogP contribution in [0.4, 0.5) is 13.2 Å². The third-order valence-corrected chi connectivity index (χ3v) is 5.99. The summed E-state index contributed by atoms with van der Waals surface area (Å²) >= 11 is 6.22. The summed E-state index contributed by atoms with van der Waals surface area (Å²) in [4.78, 5) is 7.37. The average molecular weight is 409 g/mol. The monoisotopic (exact) mass is 408 g/mol. The molecular weight excluding hydrogens is 389 g/mol. The smallest absolute Gasteiger partial charge is 0.343 e. The van der Waals surface area contributed by atoms with Gasteiger partial charge >= 0.3 is 6.18 Å². The van der Waals surface area contributed by atoms with Gasteiger partial charge in [-0.15, -0.1) is 5.10 Å². The van der Waals surface area contributed by atoms with Crippen molar-refractivity contribution in [2.24, 2.45) is 11.8 Å². The standard InChI is InChI=1S/C20H20ClF3N4/c1-2-11(7-13-5-6-14(8-16(13)21)20(22,23)24)17(12-3-4-12)15-9-27-28-19-18(15)25-10-26-19/h5-6,8-12,17H,2-4,7H2,1H3,(H,25,26,28). The molecule has 0 amide bonds. The lowest BCUT2D eigenvalue weighted by atomic mass is 9.78. The quantitative estimate of drug-likeness (QED) is 0.561. The molecule has 0 saturated heterocycles. The second kappa shape index (κ2) is 7.35. The highest BCUT2D eigenvalue weighted by Gasteiger charge is 2.39. The SMILES string of the molecule is CCC(Cc1ccc(C(F)(F)F)cc1Cl)C(c1cnnc2nc[nH]c12)C1CC1. The summed E-state index contributed by atoms with van der Waals surface area (Å²) in [5.74, 6) is 1.01. The van der Waals surface area contributed by atoms with Gasteiger partial charge in [0.1, 0.15) is 0 Å². The van der Waals surface area contributed by atoms with Crippen molar-refractivity contribution in [3.8, 4) is 0 Å². The maximum absolute atomic E-state index is 12.9. The molecule has 0 spiro atoms. The molecule has 0 aliphatic heterocycles. The van der Waals surface area contributed by atoms with Crippen molar-refractivity contribution in [1.82, 2.24) is 20.2 Å². The van der Waals surface area contributed by atoms with Crippen LogP contribution in [-0.2, 0) is 12.6 Å². The molecule has 0 radical (unpaired) electrons. The number of hydrogen-bond donors (Lipinski definition) is 1. The van der Waals surface area contributed by atoms with Crippen molar-refractivity contribution >= 4 is 22.8 Å². The summed E-state index contributed by atoms with van der Waals surface area (Å²) in [5.41, 5.74) is 2.59. The van der Waals surface area contributed by atoms with Gasteiger partial charge in [-0.25, -0.2) is 4.98 Å². The fraction of sp³-hybridized carbons (Fsp3) is 0.450. The molecule has 2 atom stereocenters. The van der Waals surface area contributed by atoms with E-state index in [2.05, 4.69) is 27.1 Å². The number of nitrogens with zero attached hydrogens (tertiary/aromatic N) is 3. The number of rotatable bonds is 6. The van der Waals surface area contributed by atoms with Crippen molar-refractivity contribution in [3.63, 3.8) is 0 Å². The zero-order valence-electron chi connectivity index (χ0n) is 15.3. The molecule has 3 aromatic rings. The van der Waals surface area contributed by atoms with Crippen molar-refractivity contribution in [1.29, 1.82) is 0 Å². The Morgan fingerprint density at radius 1 is 1.29 bits per heavy atom. The lowest BCUT2D eigenvalue weighted by molar-refractivity contribution is -0.137. The molecule has 1 N–H and O–H groups in total. The topological polar surface area (TPSA) is 54.5 Å². The molecule has 1 aliphatic rings. The predicted molar refractivity (Wildman–Crippen MR) is 101 cm³/mol. The normalized spacial score (nSPS) is 17.0. The van der Waals surface area contributed by atoms with Gasteiger partial charge in [0, 0.05) is 10.6 Å². The molecule has 2 heterocycles. The Morgan fingerprint density at radius 2 is 2.07 bits per heavy atom. The highest BCUT2D eigenvalue weighted by molar-refractivity contribution is 6.31. The van der Waals surface area contributed by atoms with Crippen LogP contribution in [0.1, 0.15) is 48.8 Å². The second-order valence-corrected chi connectivity index (χ2v) is 7.85. The number of fused-ring (bicyclic) bond motifs is 1. The fourth-order valence-electron chi connectivity index (χ4n) is 4.08. The van der Waals surface area contributed by atoms with Gasteiger partial charge in [0.05, 0.1) is 23.6 Å². The van der Waals surface area contributed by atoms with Gasteiger partial charge in [0.25, 0.3) is 0 Å². The lowest BCUT2D eigenvalue weighted by Crippen LogP contribution is -2.18. The first kappa shape index (κ1) is 19.2. The molecule has 1 fully saturated rings. The number of aromatic nitrogens is 4. The number of benzene rings is 1. The van der Waals surface area contributed by atoms with E-state index in [-0.39, 0.29) is 16.9 Å². The Hall–Kier alpha value is -2.15. The Labute approximate surface area is 165 Å². The number of aromatic amines is 1. The van der Waals surface area contributed by atoms with Crippen molar-refractivity contribution in [3.05, 3.63) is 52.4 Å². The van der Waals surface area contributed by atoms with Gasteiger partial charge in [-0.2, -0.15) is 18.3 Å². The Morgan fingerprint density at radius 3 is 2.71 bits per heavy atom. The van der Waals surface area contributed by atoms with E-state index in [9.17, 15) is 13.2 Å². The summed E-state index contributed by atoms with van der Waals surface area (Å²) in [6, 6.07) is 3.65. The largest absolute Gasteiger partial charge is 0.416 e. The van der Waals surface area contributed by atoms with E-state index in [0.717, 1.165) is 48.0 Å². The number of nitrogens with one attached hydrogen (secondary N) is 1. The predicted octanol–water partition coefficient (Wildman–Crippen LogP) is 5.79. The zero-order chi connectivity index (χ0) is 19.9. The van der Waals surface area contributed by atoms with Crippen LogP contribution in [0.2, 0.25) is 5.02 Å². The number of hydrogen-bond acceptors (Lipinski definition) is 3. The van der Waals surface area contributed by atoms with E-state index in [1.165, 1.54) is 6.07 Å². The van der Waals surface area contributed by atoms with Crippen molar-refractivity contribution < 1.29 is 13.2 Å². The van der Waals surface area contributed by atoms with Crippen LogP contribution in [-0.4, -0.2) is 20.2 Å². The molecule has 1 aromatic carbocycles. The van der Waals surface area contributed by atoms with Gasteiger partial charge in [0.15, 0.2) is 5.65 Å². The van der Waals surface area contributed by atoms with E-state index >= 15 is 0 Å². The average Bonchev–Trinajstić information content (AvgIpc) is 3.36. The second-order valence-electron chi connectivity index (χ2n) is 7.44. The van der Waals surface area contributed by atoms with Crippen LogP contribution in [0, 0.1) is 11.8 Å². The first-order chi connectivity index (χ1) is 13.4. The summed E-state index contributed by atoms with van der Waals surface area (Å²) < 4.78 is 38.8. The summed E-state index contributed by atoms with van der Waals surface area (Å²) in [5, 5.41) is 8.34. The molecule has 2 aromatic heterocycles. The minimum absolute atomic E-state index is 0.169. The van der Waals surface area contributed by atoms with Crippen molar-refractivity contribution in [2.45, 2.75) is 44.7 Å². The van der Waals surface area contributed by atoms with Crippen LogP contribution in [0.15, 0.2) is 30.7 Å². The van der Waals surface area contributed by atoms with Gasteiger partial charge < -0.3 is 4.98 Å². The first-order valence-corrected chi connectivity index (χ1v) is 9.76. The molecular formula is C20H20ClF3N4. The molecule has 0 bridgehead atoms. The maximum atomic E-state index is 12.9. The van der Waals surface area contributed by atoms with Crippen LogP contribution in [0.25, 0.3) is 11.2 Å². The Kier molecular flexibility index (Phi) is 5.04. The zero-order valence-corrected chi connectivity index (χ0v) is 16.1. The van der Waals surface area contributed by atoms with E-state index in [0.29, 0.717) is 18.0 Å². The third kappa shape index (κ3) is 3.72. The lowest BCUT2D eigenvalue weighted by Gasteiger charge is -2.27. The van der Waals surface area contributed by atoms with E-state index in [1.807, 2.05) is 0 Å². The van der Waals surface area contributed by atoms with Gasteiger partial charge in [0.2, 0.25) is 0 Å². The van der Waals surface area contributed by atoms with Gasteiger partial charge in [-0.1, -0.05) is 31.0 Å². The third-order valence-electron chi connectivity index (χ3n) is 5.64. The van der Waals surface area contributed by atoms with E-state index < -0.39 is 11.7 Å². The molecule has 4 nitrogen and oxygen atoms in total. The van der Waals surface area contributed by atoms with Crippen LogP contribution in [0.5, 0.6) is 0 Å². The molecule has 8 heteroatoms. The van der Waals surface area contributed by atoms with Crippen molar-refractivity contribution in [2.75, 3.05) is 0 Å². The molecule has 1 aliphatic carbocycles. The first-order valence-electron chi connectivity index (χ1n) is 9.38. The fourth-order valence-corrected chi connectivity index (χ4v) is 4.34. The maximum Gasteiger partial charge on any atom is 0.416 e. The number of imidazole rings is 1. The highest BCUT2D eigenvalue weighted by Crippen LogP contribution is 2.49. The van der Waals surface area contributed by atoms with Crippen LogP contribution in [0.3, 0.4) is 0 Å². The minimum Gasteiger partial charge on any atom is -0.343 e. The summed E-state index contributed by atoms with van der Waals surface area (Å²) in [7, 11) is 0. The van der Waals surface area contributed by atoms with E-state index in [1.54, 1.807) is 12.5 Å². The molecule has 4 rings (SSSR count). The van der Waals surface area contributed by atoms with Crippen LogP contribution >= 0.6 is 11.6 Å². The molecule has 28 heavy (non-hydrogen) atoms. The summed E-state index contributed by atoms with van der Waals surface area (Å²) in [6.45, 7) is 2.11. The minimum atomic E-state index is -4.39. The highest BCUT2D eigenvalue weighted by atomic mass is 35.5. The van der Waals surface area contributed by atoms with E-state index in [4.69, 9.17) is 11.6 Å². The molecule has 2 unspecified atom stereocenters. The number of halogens is 4.